The van der Waals surface area contributed by atoms with E-state index in [1.165, 1.54) is 83.5 Å². The highest BCUT2D eigenvalue weighted by molar-refractivity contribution is 5.71. The number of esters is 3. The van der Waals surface area contributed by atoms with Gasteiger partial charge in [-0.25, -0.2) is 0 Å². The summed E-state index contributed by atoms with van der Waals surface area (Å²) in [6.45, 7) is 6.39. The molecule has 1 atom stereocenters. The molecule has 0 radical (unpaired) electrons. The summed E-state index contributed by atoms with van der Waals surface area (Å²) in [5, 5.41) is 0. The zero-order chi connectivity index (χ0) is 47.9. The van der Waals surface area contributed by atoms with Crippen molar-refractivity contribution < 1.29 is 28.6 Å². The minimum Gasteiger partial charge on any atom is -0.462 e. The molecule has 0 bridgehead atoms. The average Bonchev–Trinajstić information content (AvgIpc) is 3.31. The zero-order valence-electron chi connectivity index (χ0n) is 42.7. The molecular weight excluding hydrogens is 817 g/mol. The van der Waals surface area contributed by atoms with Gasteiger partial charge >= 0.3 is 17.9 Å². The maximum Gasteiger partial charge on any atom is 0.306 e. The van der Waals surface area contributed by atoms with Gasteiger partial charge in [0.2, 0.25) is 0 Å². The second-order valence-electron chi connectivity index (χ2n) is 17.5. The van der Waals surface area contributed by atoms with E-state index in [1.54, 1.807) is 0 Å². The molecule has 0 heterocycles. The first-order valence-corrected chi connectivity index (χ1v) is 27.0. The number of carbonyl (C=O) groups is 3. The van der Waals surface area contributed by atoms with E-state index >= 15 is 0 Å². The van der Waals surface area contributed by atoms with Crippen molar-refractivity contribution in [3.8, 4) is 0 Å². The maximum atomic E-state index is 12.8. The smallest absolute Gasteiger partial charge is 0.306 e. The van der Waals surface area contributed by atoms with Crippen LogP contribution < -0.4 is 0 Å². The van der Waals surface area contributed by atoms with E-state index in [2.05, 4.69) is 93.7 Å². The van der Waals surface area contributed by atoms with Crippen LogP contribution in [0.25, 0.3) is 0 Å². The summed E-state index contributed by atoms with van der Waals surface area (Å²) in [5.41, 5.74) is 0. The fraction of sp³-hybridized carbons (Fsp3) is 0.650. The third-order valence-corrected chi connectivity index (χ3v) is 11.1. The molecule has 0 amide bonds. The molecule has 374 valence electrons. The number of unbranched alkanes of at least 4 members (excludes halogenated alkanes) is 23. The van der Waals surface area contributed by atoms with Crippen LogP contribution in [0.5, 0.6) is 0 Å². The van der Waals surface area contributed by atoms with Crippen molar-refractivity contribution >= 4 is 17.9 Å². The summed E-state index contributed by atoms with van der Waals surface area (Å²) < 4.78 is 16.8. The van der Waals surface area contributed by atoms with Crippen molar-refractivity contribution in [2.24, 2.45) is 0 Å². The second-order valence-corrected chi connectivity index (χ2v) is 17.5. The number of carbonyl (C=O) groups excluding carboxylic acids is 3. The SMILES string of the molecule is CC/C=C/C=C/C=C/C=C/CCCCCC(=O)OCC(COC(=O)CCCCCCC/C=C/C=C/C=C/CCCCCCC)OC(=O)CCCCCCCCC/C=C/C/C=C/CCCCC. The Kier molecular flexibility index (Phi) is 50.5. The van der Waals surface area contributed by atoms with Crippen LogP contribution in [-0.4, -0.2) is 37.2 Å². The average molecular weight is 915 g/mol. The summed E-state index contributed by atoms with van der Waals surface area (Å²) in [7, 11) is 0. The molecule has 66 heavy (non-hydrogen) atoms. The lowest BCUT2D eigenvalue weighted by molar-refractivity contribution is -0.167. The lowest BCUT2D eigenvalue weighted by Gasteiger charge is -2.18. The van der Waals surface area contributed by atoms with E-state index in [0.29, 0.717) is 19.3 Å². The Bertz CT molecular complexity index is 1370. The molecule has 0 N–H and O–H groups in total. The molecule has 0 rings (SSSR count). The highest BCUT2D eigenvalue weighted by Crippen LogP contribution is 2.13. The van der Waals surface area contributed by atoms with Gasteiger partial charge in [0, 0.05) is 19.3 Å². The first kappa shape index (κ1) is 62.1. The van der Waals surface area contributed by atoms with Crippen LogP contribution >= 0.6 is 0 Å². The predicted octanol–water partition coefficient (Wildman–Crippen LogP) is 17.9. The van der Waals surface area contributed by atoms with Gasteiger partial charge in [-0.05, 0) is 96.3 Å². The Labute approximate surface area is 406 Å². The Hall–Kier alpha value is -3.93. The van der Waals surface area contributed by atoms with Gasteiger partial charge in [-0.3, -0.25) is 14.4 Å². The minimum atomic E-state index is -0.809. The van der Waals surface area contributed by atoms with Crippen LogP contribution in [0.3, 0.4) is 0 Å². The van der Waals surface area contributed by atoms with Crippen molar-refractivity contribution in [1.82, 2.24) is 0 Å². The molecule has 1 unspecified atom stereocenters. The summed E-state index contributed by atoms with van der Waals surface area (Å²) in [4.78, 5) is 38.0. The van der Waals surface area contributed by atoms with Gasteiger partial charge in [-0.15, -0.1) is 0 Å². The summed E-state index contributed by atoms with van der Waals surface area (Å²) in [6, 6.07) is 0. The minimum absolute atomic E-state index is 0.107. The maximum absolute atomic E-state index is 12.8. The van der Waals surface area contributed by atoms with Gasteiger partial charge in [0.15, 0.2) is 6.10 Å². The normalized spacial score (nSPS) is 13.0. The highest BCUT2D eigenvalue weighted by atomic mass is 16.6. The van der Waals surface area contributed by atoms with Crippen LogP contribution in [0.1, 0.15) is 233 Å². The highest BCUT2D eigenvalue weighted by Gasteiger charge is 2.19. The molecule has 0 aromatic heterocycles. The van der Waals surface area contributed by atoms with Gasteiger partial charge in [0.1, 0.15) is 13.2 Å². The summed E-state index contributed by atoms with van der Waals surface area (Å²) in [5.74, 6) is -0.976. The Morgan fingerprint density at radius 3 is 1.09 bits per heavy atom. The number of ether oxygens (including phenoxy) is 3. The van der Waals surface area contributed by atoms with Gasteiger partial charge in [-0.2, -0.15) is 0 Å². The Balaban J connectivity index is 4.50. The molecule has 0 spiro atoms. The topological polar surface area (TPSA) is 78.9 Å². The van der Waals surface area contributed by atoms with E-state index in [-0.39, 0.29) is 31.1 Å². The number of rotatable bonds is 47. The molecular formula is C60H98O6. The molecule has 0 aliphatic heterocycles. The van der Waals surface area contributed by atoms with E-state index < -0.39 is 6.10 Å². The number of allylic oxidation sites excluding steroid dienone is 18. The number of hydrogen-bond donors (Lipinski definition) is 0. The first-order valence-electron chi connectivity index (χ1n) is 27.0. The summed E-state index contributed by atoms with van der Waals surface area (Å²) in [6.07, 6.45) is 72.1. The molecule has 0 aliphatic carbocycles. The lowest BCUT2D eigenvalue weighted by Crippen LogP contribution is -2.30. The Morgan fingerprint density at radius 2 is 0.652 bits per heavy atom. The van der Waals surface area contributed by atoms with Crippen LogP contribution in [-0.2, 0) is 28.6 Å². The fourth-order valence-corrected chi connectivity index (χ4v) is 7.07. The van der Waals surface area contributed by atoms with Gasteiger partial charge in [-0.1, -0.05) is 226 Å². The van der Waals surface area contributed by atoms with Crippen molar-refractivity contribution in [2.75, 3.05) is 13.2 Å². The number of hydrogen-bond acceptors (Lipinski definition) is 6. The predicted molar refractivity (Wildman–Crippen MR) is 283 cm³/mol. The van der Waals surface area contributed by atoms with Crippen LogP contribution in [0.2, 0.25) is 0 Å². The molecule has 6 heteroatoms. The fourth-order valence-electron chi connectivity index (χ4n) is 7.07. The van der Waals surface area contributed by atoms with Crippen LogP contribution in [0.15, 0.2) is 109 Å². The van der Waals surface area contributed by atoms with Crippen molar-refractivity contribution in [2.45, 2.75) is 239 Å². The largest absolute Gasteiger partial charge is 0.462 e. The monoisotopic (exact) mass is 915 g/mol. The van der Waals surface area contributed by atoms with Gasteiger partial charge < -0.3 is 14.2 Å². The molecule has 0 fully saturated rings. The zero-order valence-corrected chi connectivity index (χ0v) is 42.7. The van der Waals surface area contributed by atoms with E-state index in [4.69, 9.17) is 14.2 Å². The van der Waals surface area contributed by atoms with Gasteiger partial charge in [0.25, 0.3) is 0 Å². The molecule has 0 saturated heterocycles. The van der Waals surface area contributed by atoms with Crippen LogP contribution in [0.4, 0.5) is 0 Å². The third-order valence-electron chi connectivity index (χ3n) is 11.1. The molecule has 0 saturated carbocycles. The summed E-state index contributed by atoms with van der Waals surface area (Å²) >= 11 is 0. The standard InChI is InChI=1S/C60H98O6/c1-4-7-10-13-16-19-22-25-27-29-31-32-35-38-41-44-47-50-53-59(62)65-56-57(55-64-58(61)52-49-46-43-40-37-34-24-21-18-15-12-9-6-3)66-60(63)54-51-48-45-42-39-36-33-30-28-26-23-20-17-14-11-8-5-2/h9,12,15,17-18,20-22,24-29,31-32,34,37,57H,4-8,10-11,13-14,16,19,23,30,33,35-36,38-56H2,1-3H3/b12-9+,18-15+,20-17+,24-21+,25-22+,28-26+,29-27+,32-31+,37-34+. The van der Waals surface area contributed by atoms with Crippen molar-refractivity contribution in [3.05, 3.63) is 109 Å². The lowest BCUT2D eigenvalue weighted by atomic mass is 10.1. The Morgan fingerprint density at radius 1 is 0.333 bits per heavy atom. The quantitative estimate of drug-likeness (QED) is 0.0199. The molecule has 0 aromatic carbocycles. The first-order chi connectivity index (χ1) is 32.5. The molecule has 6 nitrogen and oxygen atoms in total. The van der Waals surface area contributed by atoms with E-state index in [0.717, 1.165) is 109 Å². The van der Waals surface area contributed by atoms with Crippen LogP contribution in [0, 0.1) is 0 Å². The van der Waals surface area contributed by atoms with Crippen molar-refractivity contribution in [1.29, 1.82) is 0 Å². The molecule has 0 aromatic rings. The van der Waals surface area contributed by atoms with Gasteiger partial charge in [0.05, 0.1) is 0 Å². The van der Waals surface area contributed by atoms with Crippen molar-refractivity contribution in [3.63, 3.8) is 0 Å². The third kappa shape index (κ3) is 51.1. The second kappa shape index (κ2) is 53.7. The van der Waals surface area contributed by atoms with E-state index in [1.807, 2.05) is 36.5 Å². The molecule has 0 aliphatic rings. The van der Waals surface area contributed by atoms with E-state index in [9.17, 15) is 14.4 Å².